The van der Waals surface area contributed by atoms with Gasteiger partial charge < -0.3 is 14.6 Å². The number of hydrogen-bond donors (Lipinski definition) is 2. The highest BCUT2D eigenvalue weighted by Gasteiger charge is 2.03. The fourth-order valence-electron chi connectivity index (χ4n) is 1.80. The molecular weight excluding hydrogens is 332 g/mol. The topological polar surface area (TPSA) is 80.2 Å². The molecule has 0 saturated carbocycles. The minimum atomic E-state index is -0.407. The number of nitrogens with zero attached hydrogens (tertiary/aromatic N) is 1. The van der Waals surface area contributed by atoms with Crippen LogP contribution in [0.5, 0.6) is 17.2 Å². The highest BCUT2D eigenvalue weighted by molar-refractivity contribution is 6.30. The molecule has 0 heterocycles. The van der Waals surface area contributed by atoms with Crippen molar-refractivity contribution in [3.63, 3.8) is 0 Å². The summed E-state index contributed by atoms with van der Waals surface area (Å²) < 4.78 is 10.6. The molecule has 0 aliphatic heterocycles. The molecule has 2 N–H and O–H groups in total. The van der Waals surface area contributed by atoms with Gasteiger partial charge in [0.1, 0.15) is 5.75 Å². The van der Waals surface area contributed by atoms with Crippen LogP contribution in [0.15, 0.2) is 47.6 Å². The van der Waals surface area contributed by atoms with E-state index in [1.165, 1.54) is 12.3 Å². The molecule has 0 saturated heterocycles. The van der Waals surface area contributed by atoms with E-state index in [-0.39, 0.29) is 12.4 Å². The van der Waals surface area contributed by atoms with Gasteiger partial charge in [-0.3, -0.25) is 4.79 Å². The summed E-state index contributed by atoms with van der Waals surface area (Å²) in [6.07, 6.45) is 1.44. The molecule has 0 fully saturated rings. The van der Waals surface area contributed by atoms with E-state index >= 15 is 0 Å². The number of phenolic OH excluding ortho intramolecular Hbond substituents is 1. The van der Waals surface area contributed by atoms with Crippen LogP contribution in [-0.2, 0) is 4.79 Å². The van der Waals surface area contributed by atoms with Crippen LogP contribution in [0.25, 0.3) is 0 Å². The van der Waals surface area contributed by atoms with Crippen molar-refractivity contribution >= 4 is 23.7 Å². The Morgan fingerprint density at radius 2 is 2.12 bits per heavy atom. The molecular formula is C17H17ClN2O4. The molecule has 2 rings (SSSR count). The number of ether oxygens (including phenoxy) is 2. The van der Waals surface area contributed by atoms with Gasteiger partial charge in [0.25, 0.3) is 5.91 Å². The summed E-state index contributed by atoms with van der Waals surface area (Å²) in [5.41, 5.74) is 3.02. The number of aromatic hydroxyl groups is 1. The first-order valence-electron chi connectivity index (χ1n) is 7.24. The highest BCUT2D eigenvalue weighted by atomic mass is 35.5. The largest absolute Gasteiger partial charge is 0.504 e. The van der Waals surface area contributed by atoms with E-state index in [1.807, 2.05) is 6.92 Å². The van der Waals surface area contributed by atoms with Gasteiger partial charge in [0, 0.05) is 5.02 Å². The lowest BCUT2D eigenvalue weighted by Gasteiger charge is -2.06. The summed E-state index contributed by atoms with van der Waals surface area (Å²) in [6.45, 7) is 2.07. The predicted molar refractivity (Wildman–Crippen MR) is 92.0 cm³/mol. The van der Waals surface area contributed by atoms with Crippen molar-refractivity contribution < 1.29 is 19.4 Å². The fraction of sp³-hybridized carbons (Fsp3) is 0.176. The predicted octanol–water partition coefficient (Wildman–Crippen LogP) is 2.97. The molecule has 6 nitrogen and oxygen atoms in total. The number of amides is 1. The smallest absolute Gasteiger partial charge is 0.277 e. The van der Waals surface area contributed by atoms with Gasteiger partial charge in [-0.1, -0.05) is 17.7 Å². The Balaban J connectivity index is 1.85. The van der Waals surface area contributed by atoms with E-state index < -0.39 is 5.91 Å². The van der Waals surface area contributed by atoms with E-state index in [2.05, 4.69) is 10.5 Å². The third kappa shape index (κ3) is 5.48. The second-order valence-corrected chi connectivity index (χ2v) is 5.14. The molecule has 0 bridgehead atoms. The summed E-state index contributed by atoms with van der Waals surface area (Å²) >= 11 is 5.83. The van der Waals surface area contributed by atoms with Gasteiger partial charge in [-0.05, 0) is 48.9 Å². The third-order valence-electron chi connectivity index (χ3n) is 2.85. The van der Waals surface area contributed by atoms with Gasteiger partial charge in [0.2, 0.25) is 0 Å². The van der Waals surface area contributed by atoms with E-state index in [0.717, 1.165) is 0 Å². The first-order chi connectivity index (χ1) is 11.6. The van der Waals surface area contributed by atoms with Crippen molar-refractivity contribution in [1.82, 2.24) is 5.43 Å². The standard InChI is InChI=1S/C17H17ClN2O4/c1-2-23-16-8-12(6-7-15(16)21)10-19-20-17(22)11-24-14-5-3-4-13(18)9-14/h3-10,21H,2,11H2,1H3,(H,20,22). The van der Waals surface area contributed by atoms with Gasteiger partial charge in [-0.25, -0.2) is 5.43 Å². The zero-order valence-electron chi connectivity index (χ0n) is 13.0. The summed E-state index contributed by atoms with van der Waals surface area (Å²) in [5, 5.41) is 14.0. The van der Waals surface area contributed by atoms with Crippen LogP contribution in [-0.4, -0.2) is 30.4 Å². The van der Waals surface area contributed by atoms with Crippen LogP contribution >= 0.6 is 11.6 Å². The molecule has 0 unspecified atom stereocenters. The van der Waals surface area contributed by atoms with Crippen LogP contribution in [0.4, 0.5) is 0 Å². The third-order valence-corrected chi connectivity index (χ3v) is 3.09. The second kappa shape index (κ2) is 8.79. The Kier molecular flexibility index (Phi) is 6.45. The molecule has 24 heavy (non-hydrogen) atoms. The van der Waals surface area contributed by atoms with Crippen molar-refractivity contribution in [1.29, 1.82) is 0 Å². The van der Waals surface area contributed by atoms with Crippen molar-refractivity contribution in [2.45, 2.75) is 6.92 Å². The number of benzene rings is 2. The number of hydrogen-bond acceptors (Lipinski definition) is 5. The van der Waals surface area contributed by atoms with Crippen LogP contribution in [0.3, 0.4) is 0 Å². The maximum atomic E-state index is 11.7. The van der Waals surface area contributed by atoms with Crippen LogP contribution in [0.1, 0.15) is 12.5 Å². The van der Waals surface area contributed by atoms with Crippen LogP contribution < -0.4 is 14.9 Å². The number of rotatable bonds is 7. The molecule has 2 aromatic rings. The minimum Gasteiger partial charge on any atom is -0.504 e. The lowest BCUT2D eigenvalue weighted by molar-refractivity contribution is -0.123. The van der Waals surface area contributed by atoms with Gasteiger partial charge in [0.15, 0.2) is 18.1 Å². The van der Waals surface area contributed by atoms with Crippen LogP contribution in [0, 0.1) is 0 Å². The fourth-order valence-corrected chi connectivity index (χ4v) is 1.98. The highest BCUT2D eigenvalue weighted by Crippen LogP contribution is 2.26. The molecule has 0 spiro atoms. The van der Waals surface area contributed by atoms with E-state index in [9.17, 15) is 9.90 Å². The summed E-state index contributed by atoms with van der Waals surface area (Å²) in [4.78, 5) is 11.7. The molecule has 0 aliphatic carbocycles. The van der Waals surface area contributed by atoms with Crippen molar-refractivity contribution in [2.75, 3.05) is 13.2 Å². The van der Waals surface area contributed by atoms with Crippen molar-refractivity contribution in [3.05, 3.63) is 53.1 Å². The molecule has 0 aromatic heterocycles. The zero-order chi connectivity index (χ0) is 17.4. The summed E-state index contributed by atoms with van der Waals surface area (Å²) in [5.74, 6) is 0.501. The number of hydrazone groups is 1. The van der Waals surface area contributed by atoms with Gasteiger partial charge >= 0.3 is 0 Å². The zero-order valence-corrected chi connectivity index (χ0v) is 13.8. The van der Waals surface area contributed by atoms with Crippen molar-refractivity contribution in [2.24, 2.45) is 5.10 Å². The normalized spacial score (nSPS) is 10.6. The number of nitrogens with one attached hydrogen (secondary N) is 1. The molecule has 2 aromatic carbocycles. The molecule has 7 heteroatoms. The number of carbonyl (C=O) groups excluding carboxylic acids is 1. The molecule has 0 aliphatic rings. The van der Waals surface area contributed by atoms with Crippen LogP contribution in [0.2, 0.25) is 5.02 Å². The van der Waals surface area contributed by atoms with Gasteiger partial charge in [0.05, 0.1) is 12.8 Å². The maximum absolute atomic E-state index is 11.7. The van der Waals surface area contributed by atoms with E-state index in [1.54, 1.807) is 36.4 Å². The lowest BCUT2D eigenvalue weighted by atomic mass is 10.2. The Hall–Kier alpha value is -2.73. The Labute approximate surface area is 144 Å². The lowest BCUT2D eigenvalue weighted by Crippen LogP contribution is -2.24. The quantitative estimate of drug-likeness (QED) is 0.595. The molecule has 0 atom stereocenters. The summed E-state index contributed by atoms with van der Waals surface area (Å²) in [7, 11) is 0. The second-order valence-electron chi connectivity index (χ2n) is 4.70. The van der Waals surface area contributed by atoms with E-state index in [4.69, 9.17) is 21.1 Å². The van der Waals surface area contributed by atoms with Gasteiger partial charge in [-0.15, -0.1) is 0 Å². The van der Waals surface area contributed by atoms with E-state index in [0.29, 0.717) is 28.7 Å². The molecule has 126 valence electrons. The SMILES string of the molecule is CCOc1cc(C=NNC(=O)COc2cccc(Cl)c2)ccc1O. The molecule has 1 amide bonds. The first-order valence-corrected chi connectivity index (χ1v) is 7.62. The Morgan fingerprint density at radius 3 is 2.88 bits per heavy atom. The Morgan fingerprint density at radius 1 is 1.29 bits per heavy atom. The number of phenols is 1. The Bertz CT molecular complexity index is 734. The monoisotopic (exact) mass is 348 g/mol. The van der Waals surface area contributed by atoms with Gasteiger partial charge in [-0.2, -0.15) is 5.10 Å². The van der Waals surface area contributed by atoms with Crippen molar-refractivity contribution in [3.8, 4) is 17.2 Å². The average Bonchev–Trinajstić information content (AvgIpc) is 2.56. The number of carbonyl (C=O) groups is 1. The average molecular weight is 349 g/mol. The molecule has 0 radical (unpaired) electrons. The minimum absolute atomic E-state index is 0.0490. The first kappa shape index (κ1) is 17.6. The maximum Gasteiger partial charge on any atom is 0.277 e. The number of halogens is 1. The summed E-state index contributed by atoms with van der Waals surface area (Å²) in [6, 6.07) is 11.5.